The number of carbonyl (C=O) groups is 2. The van der Waals surface area contributed by atoms with Crippen molar-refractivity contribution in [3.8, 4) is 0 Å². The summed E-state index contributed by atoms with van der Waals surface area (Å²) >= 11 is 9.51. The van der Waals surface area contributed by atoms with E-state index in [1.54, 1.807) is 0 Å². The van der Waals surface area contributed by atoms with Crippen LogP contribution in [0.2, 0.25) is 5.02 Å². The van der Waals surface area contributed by atoms with Crippen molar-refractivity contribution < 1.29 is 22.4 Å². The van der Waals surface area contributed by atoms with E-state index in [1.165, 1.54) is 18.4 Å². The lowest BCUT2D eigenvalue weighted by atomic mass is 10.0. The Morgan fingerprint density at radius 2 is 1.89 bits per heavy atom. The molecular weight excluding hydrogens is 652 g/mol. The van der Waals surface area contributed by atoms with Crippen LogP contribution in [0.3, 0.4) is 0 Å². The van der Waals surface area contributed by atoms with Crippen LogP contribution in [-0.2, 0) is 14.8 Å². The summed E-state index contributed by atoms with van der Waals surface area (Å²) in [6.45, 7) is 4.25. The molecule has 37 heavy (non-hydrogen) atoms. The van der Waals surface area contributed by atoms with Crippen molar-refractivity contribution in [1.82, 2.24) is 14.9 Å². The molecule has 2 N–H and O–H groups in total. The Hall–Kier alpha value is -1.80. The Labute approximate surface area is 238 Å². The summed E-state index contributed by atoms with van der Waals surface area (Å²) in [6.07, 6.45) is 0.787. The van der Waals surface area contributed by atoms with Crippen molar-refractivity contribution in [2.45, 2.75) is 37.6 Å². The number of nitrogens with zero attached hydrogens (tertiary/aromatic N) is 1. The minimum Gasteiger partial charge on any atom is -0.354 e. The van der Waals surface area contributed by atoms with Crippen molar-refractivity contribution in [3.63, 3.8) is 0 Å². The number of carbonyl (C=O) groups excluding carboxylic acids is 2. The van der Waals surface area contributed by atoms with Crippen LogP contribution < -0.4 is 10.6 Å². The molecule has 0 saturated carbocycles. The van der Waals surface area contributed by atoms with Gasteiger partial charge in [-0.05, 0) is 89.2 Å². The zero-order chi connectivity index (χ0) is 27.3. The molecule has 1 atom stereocenters. The first-order valence-electron chi connectivity index (χ1n) is 11.6. The fourth-order valence-electron chi connectivity index (χ4n) is 3.67. The molecule has 0 aliphatic rings. The zero-order valence-electron chi connectivity index (χ0n) is 20.6. The number of thiophene rings is 1. The highest BCUT2D eigenvalue weighted by Crippen LogP contribution is 2.27. The third kappa shape index (κ3) is 7.85. The second-order valence-electron chi connectivity index (χ2n) is 8.99. The van der Waals surface area contributed by atoms with Crippen LogP contribution in [0.25, 0.3) is 10.1 Å². The molecule has 0 aliphatic carbocycles. The average Bonchev–Trinajstić information content (AvgIpc) is 3.24. The predicted octanol–water partition coefficient (Wildman–Crippen LogP) is 5.27. The number of hydrogen-bond donors (Lipinski definition) is 2. The molecule has 2 amide bonds. The molecule has 0 bridgehead atoms. The van der Waals surface area contributed by atoms with Crippen LogP contribution in [-0.4, -0.2) is 50.7 Å². The Morgan fingerprint density at radius 1 is 1.16 bits per heavy atom. The van der Waals surface area contributed by atoms with Crippen molar-refractivity contribution in [1.29, 1.82) is 0 Å². The summed E-state index contributed by atoms with van der Waals surface area (Å²) in [5.74, 6) is -1.10. The number of amides is 2. The summed E-state index contributed by atoms with van der Waals surface area (Å²) in [7, 11) is -2.52. The number of hydrogen-bond acceptors (Lipinski definition) is 5. The number of fused-ring (bicyclic) bond motifs is 1. The van der Waals surface area contributed by atoms with Crippen molar-refractivity contribution in [2.75, 3.05) is 20.1 Å². The maximum atomic E-state index is 13.3. The summed E-state index contributed by atoms with van der Waals surface area (Å²) in [4.78, 5) is 26.2. The van der Waals surface area contributed by atoms with Gasteiger partial charge in [0.2, 0.25) is 15.9 Å². The molecule has 0 spiro atoms. The highest BCUT2D eigenvalue weighted by Gasteiger charge is 2.25. The van der Waals surface area contributed by atoms with E-state index in [0.717, 1.165) is 36.2 Å². The fraction of sp³-hybridized carbons (Fsp3) is 0.360. The number of benzene rings is 2. The van der Waals surface area contributed by atoms with Gasteiger partial charge in [-0.15, -0.1) is 11.3 Å². The minimum atomic E-state index is -3.91. The van der Waals surface area contributed by atoms with Gasteiger partial charge in [-0.3, -0.25) is 9.59 Å². The highest BCUT2D eigenvalue weighted by molar-refractivity contribution is 14.1. The SMILES string of the molecule is CC(C)C[C@H](NC(=O)c1cc2cc(I)ccc2s1)C(=O)NCCCN(C)S(=O)(=O)c1ccc(F)cc1Cl. The van der Waals surface area contributed by atoms with Crippen LogP contribution >= 0.6 is 45.5 Å². The highest BCUT2D eigenvalue weighted by atomic mass is 127. The molecule has 0 aliphatic heterocycles. The van der Waals surface area contributed by atoms with E-state index in [0.29, 0.717) is 17.7 Å². The second-order valence-corrected chi connectivity index (χ2v) is 13.7. The maximum absolute atomic E-state index is 13.3. The van der Waals surface area contributed by atoms with E-state index >= 15 is 0 Å². The molecule has 0 fully saturated rings. The van der Waals surface area contributed by atoms with Gasteiger partial charge >= 0.3 is 0 Å². The molecule has 200 valence electrons. The average molecular weight is 680 g/mol. The Bertz CT molecular complexity index is 1400. The normalized spacial score (nSPS) is 12.8. The van der Waals surface area contributed by atoms with E-state index in [1.807, 2.05) is 38.1 Å². The molecule has 0 radical (unpaired) electrons. The number of sulfonamides is 1. The topological polar surface area (TPSA) is 95.6 Å². The van der Waals surface area contributed by atoms with Crippen LogP contribution in [0.1, 0.15) is 36.4 Å². The first-order chi connectivity index (χ1) is 17.4. The molecule has 12 heteroatoms. The molecule has 1 heterocycles. The largest absolute Gasteiger partial charge is 0.354 e. The Morgan fingerprint density at radius 3 is 2.57 bits per heavy atom. The molecule has 1 aromatic heterocycles. The summed E-state index contributed by atoms with van der Waals surface area (Å²) in [6, 6.07) is 10.2. The van der Waals surface area contributed by atoms with Crippen molar-refractivity contribution >= 4 is 77.5 Å². The number of halogens is 3. The molecule has 3 aromatic rings. The lowest BCUT2D eigenvalue weighted by Gasteiger charge is -2.21. The van der Waals surface area contributed by atoms with E-state index in [9.17, 15) is 22.4 Å². The van der Waals surface area contributed by atoms with Crippen LogP contribution in [0, 0.1) is 15.3 Å². The van der Waals surface area contributed by atoms with Gasteiger partial charge in [0.05, 0.1) is 9.90 Å². The monoisotopic (exact) mass is 679 g/mol. The van der Waals surface area contributed by atoms with Crippen molar-refractivity contribution in [3.05, 3.63) is 61.8 Å². The summed E-state index contributed by atoms with van der Waals surface area (Å²) in [5.41, 5.74) is 0. The van der Waals surface area contributed by atoms with Gasteiger partial charge in [-0.1, -0.05) is 25.4 Å². The molecule has 3 rings (SSSR count). The number of rotatable bonds is 11. The fourth-order valence-corrected chi connectivity index (χ4v) is 6.84. The predicted molar refractivity (Wildman–Crippen MR) is 154 cm³/mol. The van der Waals surface area contributed by atoms with Crippen LogP contribution in [0.5, 0.6) is 0 Å². The molecule has 0 saturated heterocycles. The van der Waals surface area contributed by atoms with Gasteiger partial charge in [0.1, 0.15) is 16.8 Å². The van der Waals surface area contributed by atoms with E-state index in [2.05, 4.69) is 33.2 Å². The lowest BCUT2D eigenvalue weighted by molar-refractivity contribution is -0.123. The third-order valence-corrected chi connectivity index (χ3v) is 9.69. The van der Waals surface area contributed by atoms with E-state index < -0.39 is 21.9 Å². The lowest BCUT2D eigenvalue weighted by Crippen LogP contribution is -2.47. The summed E-state index contributed by atoms with van der Waals surface area (Å²) < 4.78 is 42.0. The van der Waals surface area contributed by atoms with Gasteiger partial charge in [-0.2, -0.15) is 0 Å². The Kier molecular flexibility index (Phi) is 10.3. The Balaban J connectivity index is 1.57. The van der Waals surface area contributed by atoms with Gasteiger partial charge in [0, 0.05) is 28.4 Å². The molecule has 2 aromatic carbocycles. The van der Waals surface area contributed by atoms with Gasteiger partial charge in [-0.25, -0.2) is 17.1 Å². The van der Waals surface area contributed by atoms with Crippen LogP contribution in [0.4, 0.5) is 4.39 Å². The van der Waals surface area contributed by atoms with Gasteiger partial charge in [0.15, 0.2) is 0 Å². The smallest absolute Gasteiger partial charge is 0.262 e. The van der Waals surface area contributed by atoms with E-state index in [4.69, 9.17) is 11.6 Å². The van der Waals surface area contributed by atoms with E-state index in [-0.39, 0.29) is 40.7 Å². The van der Waals surface area contributed by atoms with Crippen LogP contribution in [0.15, 0.2) is 47.4 Å². The quantitative estimate of drug-likeness (QED) is 0.213. The van der Waals surface area contributed by atoms with Crippen molar-refractivity contribution in [2.24, 2.45) is 5.92 Å². The van der Waals surface area contributed by atoms with Gasteiger partial charge in [0.25, 0.3) is 5.91 Å². The molecule has 0 unspecified atom stereocenters. The zero-order valence-corrected chi connectivity index (χ0v) is 25.1. The molecular formula is C25H28ClFIN3O4S2. The summed E-state index contributed by atoms with van der Waals surface area (Å²) in [5, 5.41) is 6.43. The first kappa shape index (κ1) is 29.8. The number of nitrogens with one attached hydrogen (secondary N) is 2. The first-order valence-corrected chi connectivity index (χ1v) is 15.3. The standard InChI is InChI=1S/C25H28ClFIN3O4S2/c1-15(2)11-20(30-25(33)22-13-16-12-18(28)6-7-21(16)36-22)24(32)29-9-4-10-31(3)37(34,35)23-8-5-17(27)14-19(23)26/h5-8,12-15,20H,4,9-11H2,1-3H3,(H,29,32)(H,30,33)/t20-/m0/s1. The van der Waals surface area contributed by atoms with Gasteiger partial charge < -0.3 is 10.6 Å². The third-order valence-electron chi connectivity index (χ3n) is 5.56. The molecule has 7 nitrogen and oxygen atoms in total. The minimum absolute atomic E-state index is 0.109. The second kappa shape index (κ2) is 12.8. The maximum Gasteiger partial charge on any atom is 0.262 e.